The van der Waals surface area contributed by atoms with E-state index in [1.54, 1.807) is 32.0 Å². The Labute approximate surface area is 208 Å². The summed E-state index contributed by atoms with van der Waals surface area (Å²) < 4.78 is 51.7. The average Bonchev–Trinajstić information content (AvgIpc) is 3.51. The minimum Gasteiger partial charge on any atom is -0.390 e. The molecule has 194 valence electrons. The van der Waals surface area contributed by atoms with Gasteiger partial charge in [0.25, 0.3) is 11.8 Å². The van der Waals surface area contributed by atoms with Gasteiger partial charge in [-0.1, -0.05) is 64.9 Å². The van der Waals surface area contributed by atoms with E-state index >= 15 is 0 Å². The van der Waals surface area contributed by atoms with Gasteiger partial charge in [-0.05, 0) is 25.8 Å². The fraction of sp³-hybridized carbons (Fsp3) is 0.280. The van der Waals surface area contributed by atoms with Crippen molar-refractivity contribution in [3.63, 3.8) is 0 Å². The number of nitrogens with one attached hydrogen (secondary N) is 1. The largest absolute Gasteiger partial charge is 0.422 e. The summed E-state index contributed by atoms with van der Waals surface area (Å²) in [4.78, 5) is 16.2. The molecule has 0 radical (unpaired) electrons. The van der Waals surface area contributed by atoms with E-state index in [0.29, 0.717) is 12.0 Å². The van der Waals surface area contributed by atoms with E-state index in [-0.39, 0.29) is 23.5 Å². The second-order valence-corrected chi connectivity index (χ2v) is 8.90. The molecule has 0 aliphatic heterocycles. The third kappa shape index (κ3) is 6.04. The van der Waals surface area contributed by atoms with Crippen molar-refractivity contribution < 1.29 is 37.2 Å². The van der Waals surface area contributed by atoms with Crippen molar-refractivity contribution in [1.82, 2.24) is 20.6 Å². The molecule has 1 amide bonds. The Morgan fingerprint density at radius 3 is 2.30 bits per heavy atom. The van der Waals surface area contributed by atoms with Gasteiger partial charge in [0.1, 0.15) is 11.3 Å². The number of carbonyl (C=O) groups is 1. The zero-order valence-electron chi connectivity index (χ0n) is 19.8. The van der Waals surface area contributed by atoms with Crippen molar-refractivity contribution in [1.29, 1.82) is 0 Å². The molecule has 0 fully saturated rings. The maximum atomic E-state index is 13.9. The van der Waals surface area contributed by atoms with Gasteiger partial charge in [-0.15, -0.1) is 0 Å². The lowest BCUT2D eigenvalue weighted by Gasteiger charge is -2.18. The van der Waals surface area contributed by atoms with Crippen molar-refractivity contribution in [3.05, 3.63) is 65.7 Å². The summed E-state index contributed by atoms with van der Waals surface area (Å²) in [5, 5.41) is 29.9. The molecule has 0 spiro atoms. The Hall–Kier alpha value is -4.03. The number of alkyl halides is 3. The molecule has 12 heteroatoms. The van der Waals surface area contributed by atoms with Crippen LogP contribution in [0, 0.1) is 0 Å². The first kappa shape index (κ1) is 26.0. The molecule has 0 saturated carbocycles. The number of benzene rings is 2. The molecule has 2 aromatic carbocycles. The Balaban J connectivity index is 1.54. The third-order valence-electron chi connectivity index (χ3n) is 5.41. The SMILES string of the molecule is CC(C)(O)CCNC(=O)[C@H](O)c1ccc(-c2noc(-c3onc(-c4ccccc4)c3C(F)(F)F)n2)cc1. The number of aliphatic hydroxyl groups is 2. The molecule has 3 N–H and O–H groups in total. The molecule has 0 bridgehead atoms. The minimum atomic E-state index is -4.81. The molecular weight excluding hydrogens is 493 g/mol. The van der Waals surface area contributed by atoms with Gasteiger partial charge in [0.05, 0.1) is 5.60 Å². The van der Waals surface area contributed by atoms with Crippen molar-refractivity contribution in [3.8, 4) is 34.3 Å². The molecular formula is C25H23F3N4O5. The minimum absolute atomic E-state index is 0.0311. The van der Waals surface area contributed by atoms with Gasteiger partial charge in [-0.25, -0.2) is 0 Å². The molecule has 1 atom stereocenters. The van der Waals surface area contributed by atoms with Crippen molar-refractivity contribution >= 4 is 5.91 Å². The van der Waals surface area contributed by atoms with Gasteiger partial charge >= 0.3 is 6.18 Å². The van der Waals surface area contributed by atoms with Crippen molar-refractivity contribution in [2.75, 3.05) is 6.54 Å². The normalized spacial score (nSPS) is 12.9. The summed E-state index contributed by atoms with van der Waals surface area (Å²) in [6.07, 6.45) is -5.96. The number of nitrogens with zero attached hydrogens (tertiary/aromatic N) is 3. The summed E-state index contributed by atoms with van der Waals surface area (Å²) >= 11 is 0. The standard InChI is InChI=1S/C25H23F3N4O5/c1-24(2,35)12-13-29-22(34)19(33)15-8-10-16(11-9-15)21-30-23(37-32-21)20-17(25(26,27)28)18(31-36-20)14-6-4-3-5-7-14/h3-11,19,33,35H,12-13H2,1-2H3,(H,29,34)/t19-/m1/s1. The second kappa shape index (κ2) is 10.1. The zero-order chi connectivity index (χ0) is 26.8. The van der Waals surface area contributed by atoms with Gasteiger partial charge in [0.15, 0.2) is 6.10 Å². The van der Waals surface area contributed by atoms with E-state index in [1.165, 1.54) is 36.4 Å². The first-order valence-corrected chi connectivity index (χ1v) is 11.2. The number of aliphatic hydroxyl groups excluding tert-OH is 1. The van der Waals surface area contributed by atoms with Crippen LogP contribution in [0.3, 0.4) is 0 Å². The molecule has 0 aliphatic carbocycles. The highest BCUT2D eigenvalue weighted by atomic mass is 19.4. The molecule has 0 aliphatic rings. The quantitative estimate of drug-likeness (QED) is 0.314. The van der Waals surface area contributed by atoms with E-state index in [2.05, 4.69) is 20.6 Å². The van der Waals surface area contributed by atoms with Crippen LogP contribution in [0.5, 0.6) is 0 Å². The number of hydrogen-bond acceptors (Lipinski definition) is 8. The third-order valence-corrected chi connectivity index (χ3v) is 5.41. The summed E-state index contributed by atoms with van der Waals surface area (Å²) in [5.41, 5.74) is -1.65. The maximum Gasteiger partial charge on any atom is 0.422 e. The zero-order valence-corrected chi connectivity index (χ0v) is 19.8. The van der Waals surface area contributed by atoms with Gasteiger partial charge in [0, 0.05) is 17.7 Å². The molecule has 4 aromatic rings. The smallest absolute Gasteiger partial charge is 0.390 e. The van der Waals surface area contributed by atoms with E-state index < -0.39 is 46.7 Å². The molecule has 9 nitrogen and oxygen atoms in total. The topological polar surface area (TPSA) is 135 Å². The number of hydrogen-bond donors (Lipinski definition) is 3. The predicted octanol–water partition coefficient (Wildman–Crippen LogP) is 4.39. The van der Waals surface area contributed by atoms with Crippen LogP contribution in [0.4, 0.5) is 13.2 Å². The number of carbonyl (C=O) groups excluding carboxylic acids is 1. The van der Waals surface area contributed by atoms with Gasteiger partial charge in [-0.3, -0.25) is 4.79 Å². The van der Waals surface area contributed by atoms with E-state index in [0.717, 1.165) is 0 Å². The molecule has 2 aromatic heterocycles. The Kier molecular flexibility index (Phi) is 7.14. The van der Waals surface area contributed by atoms with Crippen LogP contribution in [0.25, 0.3) is 34.3 Å². The average molecular weight is 516 g/mol. The van der Waals surface area contributed by atoms with Crippen LogP contribution in [0.1, 0.15) is 37.5 Å². The molecule has 0 saturated heterocycles. The highest BCUT2D eigenvalue weighted by Gasteiger charge is 2.43. The first-order chi connectivity index (χ1) is 17.4. The summed E-state index contributed by atoms with van der Waals surface area (Å²) in [5.74, 6) is -1.89. The van der Waals surface area contributed by atoms with Crippen molar-refractivity contribution in [2.45, 2.75) is 38.1 Å². The van der Waals surface area contributed by atoms with Gasteiger partial charge in [-0.2, -0.15) is 18.2 Å². The van der Waals surface area contributed by atoms with E-state index in [1.807, 2.05) is 0 Å². The molecule has 2 heterocycles. The number of amides is 1. The highest BCUT2D eigenvalue weighted by Crippen LogP contribution is 2.43. The summed E-state index contributed by atoms with van der Waals surface area (Å²) in [6, 6.07) is 13.6. The van der Waals surface area contributed by atoms with Crippen LogP contribution in [0.15, 0.2) is 63.6 Å². The van der Waals surface area contributed by atoms with Gasteiger partial charge < -0.3 is 24.6 Å². The Morgan fingerprint density at radius 2 is 1.68 bits per heavy atom. The van der Waals surface area contributed by atoms with Crippen molar-refractivity contribution in [2.24, 2.45) is 0 Å². The first-order valence-electron chi connectivity index (χ1n) is 11.2. The Morgan fingerprint density at radius 1 is 1.00 bits per heavy atom. The van der Waals surface area contributed by atoms with E-state index in [9.17, 15) is 28.2 Å². The monoisotopic (exact) mass is 516 g/mol. The fourth-order valence-electron chi connectivity index (χ4n) is 3.48. The second-order valence-electron chi connectivity index (χ2n) is 8.90. The fourth-order valence-corrected chi connectivity index (χ4v) is 3.48. The lowest BCUT2D eigenvalue weighted by Crippen LogP contribution is -2.33. The lowest BCUT2D eigenvalue weighted by atomic mass is 10.0. The summed E-state index contributed by atoms with van der Waals surface area (Å²) in [7, 11) is 0. The van der Waals surface area contributed by atoms with Crippen LogP contribution in [0.2, 0.25) is 0 Å². The Bertz CT molecular complexity index is 1360. The van der Waals surface area contributed by atoms with E-state index in [4.69, 9.17) is 9.05 Å². The maximum absolute atomic E-state index is 13.9. The van der Waals surface area contributed by atoms with Crippen LogP contribution < -0.4 is 5.32 Å². The summed E-state index contributed by atoms with van der Waals surface area (Å²) in [6.45, 7) is 3.38. The van der Waals surface area contributed by atoms with Crippen LogP contribution >= 0.6 is 0 Å². The molecule has 4 rings (SSSR count). The van der Waals surface area contributed by atoms with Crippen LogP contribution in [-0.2, 0) is 11.0 Å². The predicted molar refractivity (Wildman–Crippen MR) is 125 cm³/mol. The number of rotatable bonds is 8. The number of aromatic nitrogens is 3. The lowest BCUT2D eigenvalue weighted by molar-refractivity contribution is -0.137. The molecule has 37 heavy (non-hydrogen) atoms. The van der Waals surface area contributed by atoms with Crippen LogP contribution in [-0.4, -0.2) is 43.6 Å². The van der Waals surface area contributed by atoms with Gasteiger partial charge in [0.2, 0.25) is 11.6 Å². The molecule has 0 unspecified atom stereocenters. The number of halogens is 3. The highest BCUT2D eigenvalue weighted by molar-refractivity contribution is 5.82.